The van der Waals surface area contributed by atoms with Crippen LogP contribution in [0.25, 0.3) is 22.4 Å². The van der Waals surface area contributed by atoms with Crippen LogP contribution < -0.4 is 87.6 Å². The molecule has 1 aliphatic rings. The number of aromatic nitrogens is 1. The number of phosphoric acid groups is 1. The van der Waals surface area contributed by atoms with Gasteiger partial charge in [0.25, 0.3) is 0 Å². The van der Waals surface area contributed by atoms with Crippen LogP contribution in [0.15, 0.2) is 41.8 Å². The van der Waals surface area contributed by atoms with Crippen LogP contribution in [0.5, 0.6) is 23.0 Å². The number of hydrogen-bond donors (Lipinski definition) is 0. The van der Waals surface area contributed by atoms with Gasteiger partial charge in [-0.05, 0) is 41.4 Å². The minimum atomic E-state index is -5.09. The number of methoxy groups -OCH3 is 1. The SMILES string of the molecule is COc1cc(-c2nscc2-c2ccc(OP(=O)([O-])[O-])cc2)cc2c1OCO2.[Na+].[Na+]. The van der Waals surface area contributed by atoms with Crippen LogP contribution in [0.2, 0.25) is 0 Å². The first kappa shape index (κ1) is 24.7. The van der Waals surface area contributed by atoms with Crippen LogP contribution in [0.4, 0.5) is 0 Å². The Balaban J connectivity index is 0.00000150. The first-order valence-electron chi connectivity index (χ1n) is 7.69. The number of phosphoric ester groups is 1. The van der Waals surface area contributed by atoms with E-state index in [1.807, 2.05) is 17.5 Å². The van der Waals surface area contributed by atoms with Crippen molar-refractivity contribution in [1.82, 2.24) is 4.37 Å². The van der Waals surface area contributed by atoms with Crippen LogP contribution in [0.3, 0.4) is 0 Å². The largest absolute Gasteiger partial charge is 1.00 e. The zero-order valence-corrected chi connectivity index (χ0v) is 21.6. The zero-order valence-electron chi connectivity index (χ0n) is 15.9. The molecule has 0 bridgehead atoms. The number of nitrogens with zero attached hydrogens (tertiary/aromatic N) is 1. The monoisotopic (exact) mass is 451 g/mol. The Hall–Kier alpha value is -0.580. The molecule has 0 amide bonds. The quantitative estimate of drug-likeness (QED) is 0.289. The van der Waals surface area contributed by atoms with Gasteiger partial charge in [-0.25, -0.2) is 0 Å². The van der Waals surface area contributed by atoms with E-state index in [4.69, 9.17) is 14.2 Å². The van der Waals surface area contributed by atoms with Crippen molar-refractivity contribution in [2.75, 3.05) is 13.9 Å². The maximum absolute atomic E-state index is 10.7. The van der Waals surface area contributed by atoms with Crippen molar-refractivity contribution in [2.24, 2.45) is 0 Å². The number of benzene rings is 2. The molecule has 1 aromatic heterocycles. The fraction of sp³-hybridized carbons (Fsp3) is 0.118. The van der Waals surface area contributed by atoms with E-state index in [2.05, 4.69) is 8.90 Å². The number of rotatable bonds is 5. The molecule has 140 valence electrons. The molecule has 29 heavy (non-hydrogen) atoms. The van der Waals surface area contributed by atoms with Crippen molar-refractivity contribution in [3.8, 4) is 45.4 Å². The molecule has 0 aliphatic carbocycles. The summed E-state index contributed by atoms with van der Waals surface area (Å²) in [6, 6.07) is 9.78. The van der Waals surface area contributed by atoms with E-state index >= 15 is 0 Å². The molecule has 2 aromatic carbocycles. The predicted molar refractivity (Wildman–Crippen MR) is 93.9 cm³/mol. The van der Waals surface area contributed by atoms with E-state index in [1.54, 1.807) is 19.2 Å². The van der Waals surface area contributed by atoms with Gasteiger partial charge in [0.05, 0.1) is 12.8 Å². The van der Waals surface area contributed by atoms with Crippen LogP contribution >= 0.6 is 19.4 Å². The zero-order chi connectivity index (χ0) is 19.0. The maximum Gasteiger partial charge on any atom is 1.00 e. The average molecular weight is 451 g/mol. The molecule has 3 aromatic rings. The van der Waals surface area contributed by atoms with E-state index in [9.17, 15) is 14.4 Å². The molecule has 0 saturated carbocycles. The second-order valence-corrected chi connectivity index (χ2v) is 7.26. The van der Waals surface area contributed by atoms with E-state index < -0.39 is 7.82 Å². The molecule has 0 unspecified atom stereocenters. The molecule has 4 rings (SSSR count). The Morgan fingerprint density at radius 1 is 1.10 bits per heavy atom. The summed E-state index contributed by atoms with van der Waals surface area (Å²) in [5, 5.41) is 1.87. The van der Waals surface area contributed by atoms with Gasteiger partial charge in [0, 0.05) is 16.5 Å². The Bertz CT molecular complexity index is 1040. The summed E-state index contributed by atoms with van der Waals surface area (Å²) in [4.78, 5) is 21.4. The smallest absolute Gasteiger partial charge is 0.780 e. The number of fused-ring (bicyclic) bond motifs is 1. The van der Waals surface area contributed by atoms with Gasteiger partial charge in [-0.3, -0.25) is 0 Å². The van der Waals surface area contributed by atoms with Gasteiger partial charge in [-0.2, -0.15) is 4.37 Å². The minimum absolute atomic E-state index is 0. The molecular formula is C17H12NNa2O7PS. The Morgan fingerprint density at radius 2 is 1.83 bits per heavy atom. The number of hydrogen-bond acceptors (Lipinski definition) is 9. The van der Waals surface area contributed by atoms with Crippen LogP contribution in [0, 0.1) is 0 Å². The fourth-order valence-electron chi connectivity index (χ4n) is 2.74. The molecule has 8 nitrogen and oxygen atoms in total. The van der Waals surface area contributed by atoms with Crippen molar-refractivity contribution in [3.63, 3.8) is 0 Å². The minimum Gasteiger partial charge on any atom is -0.780 e. The normalized spacial score (nSPS) is 12.0. The maximum atomic E-state index is 10.7. The Kier molecular flexibility index (Phi) is 8.64. The average Bonchev–Trinajstić information content (AvgIpc) is 3.29. The first-order chi connectivity index (χ1) is 12.9. The molecule has 0 fully saturated rings. The summed E-state index contributed by atoms with van der Waals surface area (Å²) in [7, 11) is -3.54. The van der Waals surface area contributed by atoms with Crippen molar-refractivity contribution < 1.29 is 92.2 Å². The van der Waals surface area contributed by atoms with E-state index in [-0.39, 0.29) is 71.7 Å². The predicted octanol–water partition coefficient (Wildman–Crippen LogP) is -3.57. The van der Waals surface area contributed by atoms with Crippen LogP contribution in [-0.2, 0) is 4.57 Å². The van der Waals surface area contributed by atoms with Crippen molar-refractivity contribution in [3.05, 3.63) is 41.8 Å². The fourth-order valence-corrected chi connectivity index (χ4v) is 3.84. The standard InChI is InChI=1S/C17H14NO7PS.2Na/c1-22-14-6-11(7-15-17(14)24-9-23-15)16-13(8-27-18-16)10-2-4-12(5-3-10)25-26(19,20)21;;/h2-8H,9H2,1H3,(H2,19,20,21);;/q;2*+1/p-2. The molecule has 12 heteroatoms. The molecule has 2 heterocycles. The molecule has 0 radical (unpaired) electrons. The van der Waals surface area contributed by atoms with Gasteiger partial charge >= 0.3 is 59.1 Å². The van der Waals surface area contributed by atoms with Crippen molar-refractivity contribution in [1.29, 1.82) is 0 Å². The van der Waals surface area contributed by atoms with Gasteiger partial charge in [0.1, 0.15) is 13.6 Å². The van der Waals surface area contributed by atoms with Crippen molar-refractivity contribution in [2.45, 2.75) is 0 Å². The summed E-state index contributed by atoms with van der Waals surface area (Å²) in [6.45, 7) is 0.129. The van der Waals surface area contributed by atoms with Gasteiger partial charge < -0.3 is 33.1 Å². The molecule has 0 spiro atoms. The molecule has 0 atom stereocenters. The van der Waals surface area contributed by atoms with E-state index in [0.29, 0.717) is 22.9 Å². The van der Waals surface area contributed by atoms with E-state index in [0.717, 1.165) is 16.7 Å². The molecule has 0 saturated heterocycles. The summed E-state index contributed by atoms with van der Waals surface area (Å²) in [6.07, 6.45) is 0. The Labute approximate surface area is 215 Å². The second-order valence-electron chi connectivity index (χ2n) is 5.55. The first-order valence-corrected chi connectivity index (χ1v) is 9.99. The summed E-state index contributed by atoms with van der Waals surface area (Å²) >= 11 is 1.28. The van der Waals surface area contributed by atoms with Gasteiger partial charge in [0.2, 0.25) is 12.5 Å². The summed E-state index contributed by atoms with van der Waals surface area (Å²) in [5.74, 6) is 1.64. The number of ether oxygens (including phenoxy) is 3. The molecular weight excluding hydrogens is 439 g/mol. The third kappa shape index (κ3) is 5.57. The van der Waals surface area contributed by atoms with E-state index in [1.165, 1.54) is 23.7 Å². The van der Waals surface area contributed by atoms with Gasteiger partial charge in [-0.15, -0.1) is 0 Å². The van der Waals surface area contributed by atoms with Gasteiger partial charge in [0.15, 0.2) is 11.5 Å². The second kappa shape index (κ2) is 10.2. The Morgan fingerprint density at radius 3 is 2.48 bits per heavy atom. The molecule has 0 N–H and O–H groups in total. The van der Waals surface area contributed by atoms with Gasteiger partial charge in [-0.1, -0.05) is 12.1 Å². The van der Waals surface area contributed by atoms with Crippen molar-refractivity contribution >= 4 is 19.4 Å². The van der Waals surface area contributed by atoms with Crippen LogP contribution in [-0.4, -0.2) is 18.3 Å². The van der Waals surface area contributed by atoms with Crippen LogP contribution in [0.1, 0.15) is 0 Å². The summed E-state index contributed by atoms with van der Waals surface area (Å²) < 4.78 is 35.8. The summed E-state index contributed by atoms with van der Waals surface area (Å²) in [5.41, 5.74) is 3.12. The topological polar surface area (TPSA) is 113 Å². The third-order valence-electron chi connectivity index (χ3n) is 3.88. The third-order valence-corrected chi connectivity index (χ3v) is 4.95. The molecule has 1 aliphatic heterocycles.